The number of nitrogens with zero attached hydrogens (tertiary/aromatic N) is 2. The zero-order chi connectivity index (χ0) is 23.9. The van der Waals surface area contributed by atoms with Crippen LogP contribution in [0.15, 0.2) is 42.5 Å². The fourth-order valence-corrected chi connectivity index (χ4v) is 4.40. The Kier molecular flexibility index (Phi) is 7.83. The molecule has 7 heteroatoms. The molecule has 0 saturated heterocycles. The fraction of sp³-hybridized carbons (Fsp3) is 0.407. The summed E-state index contributed by atoms with van der Waals surface area (Å²) in [5.74, 6) is 1.60. The van der Waals surface area contributed by atoms with Gasteiger partial charge < -0.3 is 19.4 Å². The van der Waals surface area contributed by atoms with E-state index in [0.29, 0.717) is 49.0 Å². The quantitative estimate of drug-likeness (QED) is 0.473. The standard InChI is InChI=1S/C27H32FN3O3/c1-3-33-23-13-12-19(17-24(23)34-4-2)14-15-29-27(32)25-22-11-6-5-7-16-31(22)26(30-25)20-9-8-10-21(28)18-20/h8-10,12-13,17-18H,3-7,11,14-16H2,1-2H3,(H,29,32). The van der Waals surface area contributed by atoms with Gasteiger partial charge in [-0.05, 0) is 69.4 Å². The lowest BCUT2D eigenvalue weighted by Crippen LogP contribution is -2.27. The van der Waals surface area contributed by atoms with Crippen molar-refractivity contribution in [2.75, 3.05) is 19.8 Å². The van der Waals surface area contributed by atoms with Crippen LogP contribution in [0.5, 0.6) is 11.5 Å². The molecule has 0 fully saturated rings. The number of hydrogen-bond donors (Lipinski definition) is 1. The Labute approximate surface area is 200 Å². The number of hydrogen-bond acceptors (Lipinski definition) is 4. The van der Waals surface area contributed by atoms with E-state index in [2.05, 4.69) is 14.9 Å². The largest absolute Gasteiger partial charge is 0.490 e. The van der Waals surface area contributed by atoms with Gasteiger partial charge in [-0.1, -0.05) is 24.6 Å². The summed E-state index contributed by atoms with van der Waals surface area (Å²) in [4.78, 5) is 17.8. The normalized spacial score (nSPS) is 13.1. The van der Waals surface area contributed by atoms with E-state index >= 15 is 0 Å². The van der Waals surface area contributed by atoms with Crippen LogP contribution in [-0.4, -0.2) is 35.2 Å². The van der Waals surface area contributed by atoms with Gasteiger partial charge in [-0.2, -0.15) is 0 Å². The van der Waals surface area contributed by atoms with Gasteiger partial charge in [0, 0.05) is 18.7 Å². The highest BCUT2D eigenvalue weighted by Gasteiger charge is 2.24. The second-order valence-corrected chi connectivity index (χ2v) is 8.36. The van der Waals surface area contributed by atoms with E-state index in [1.165, 1.54) is 12.1 Å². The van der Waals surface area contributed by atoms with Crippen molar-refractivity contribution in [2.24, 2.45) is 0 Å². The molecule has 0 radical (unpaired) electrons. The Bertz CT molecular complexity index is 1140. The smallest absolute Gasteiger partial charge is 0.271 e. The average molecular weight is 466 g/mol. The number of carbonyl (C=O) groups excluding carboxylic acids is 1. The maximum absolute atomic E-state index is 13.9. The number of amides is 1. The predicted octanol–water partition coefficient (Wildman–Crippen LogP) is 5.19. The number of benzene rings is 2. The van der Waals surface area contributed by atoms with Crippen LogP contribution in [0.3, 0.4) is 0 Å². The van der Waals surface area contributed by atoms with Crippen LogP contribution in [0.2, 0.25) is 0 Å². The molecule has 2 aromatic carbocycles. The minimum Gasteiger partial charge on any atom is -0.490 e. The van der Waals surface area contributed by atoms with E-state index in [9.17, 15) is 9.18 Å². The van der Waals surface area contributed by atoms with Crippen LogP contribution >= 0.6 is 0 Å². The molecule has 0 bridgehead atoms. The average Bonchev–Trinajstić information content (AvgIpc) is 3.02. The minimum absolute atomic E-state index is 0.190. The van der Waals surface area contributed by atoms with Gasteiger partial charge in [-0.15, -0.1) is 0 Å². The zero-order valence-electron chi connectivity index (χ0n) is 19.9. The van der Waals surface area contributed by atoms with Crippen molar-refractivity contribution in [3.63, 3.8) is 0 Å². The SMILES string of the molecule is CCOc1ccc(CCNC(=O)c2nc(-c3cccc(F)c3)n3c2CCCCC3)cc1OCC. The molecule has 1 aromatic heterocycles. The predicted molar refractivity (Wildman–Crippen MR) is 130 cm³/mol. The molecular weight excluding hydrogens is 433 g/mol. The highest BCUT2D eigenvalue weighted by Crippen LogP contribution is 2.29. The molecule has 34 heavy (non-hydrogen) atoms. The van der Waals surface area contributed by atoms with Crippen molar-refractivity contribution in [3.05, 3.63) is 65.2 Å². The van der Waals surface area contributed by atoms with Crippen LogP contribution < -0.4 is 14.8 Å². The van der Waals surface area contributed by atoms with Crippen LogP contribution in [0, 0.1) is 5.82 Å². The monoisotopic (exact) mass is 465 g/mol. The molecule has 0 saturated carbocycles. The number of imidazole rings is 1. The second-order valence-electron chi connectivity index (χ2n) is 8.36. The van der Waals surface area contributed by atoms with Crippen molar-refractivity contribution in [1.82, 2.24) is 14.9 Å². The number of carbonyl (C=O) groups is 1. The first-order valence-corrected chi connectivity index (χ1v) is 12.1. The Balaban J connectivity index is 1.50. The summed E-state index contributed by atoms with van der Waals surface area (Å²) in [6.45, 7) is 6.26. The summed E-state index contributed by atoms with van der Waals surface area (Å²) in [5.41, 5.74) is 3.13. The minimum atomic E-state index is -0.309. The Morgan fingerprint density at radius 2 is 1.88 bits per heavy atom. The van der Waals surface area contributed by atoms with E-state index in [0.717, 1.165) is 49.2 Å². The Morgan fingerprint density at radius 1 is 1.06 bits per heavy atom. The summed E-state index contributed by atoms with van der Waals surface area (Å²) < 4.78 is 27.3. The van der Waals surface area contributed by atoms with Gasteiger partial charge in [0.15, 0.2) is 11.5 Å². The van der Waals surface area contributed by atoms with Crippen molar-refractivity contribution in [1.29, 1.82) is 0 Å². The van der Waals surface area contributed by atoms with Crippen molar-refractivity contribution in [2.45, 2.75) is 52.5 Å². The Hall–Kier alpha value is -3.35. The van der Waals surface area contributed by atoms with Gasteiger partial charge in [0.25, 0.3) is 5.91 Å². The molecule has 4 rings (SSSR count). The van der Waals surface area contributed by atoms with E-state index in [-0.39, 0.29) is 11.7 Å². The first-order valence-electron chi connectivity index (χ1n) is 12.1. The summed E-state index contributed by atoms with van der Waals surface area (Å²) in [6.07, 6.45) is 4.59. The molecular formula is C27H32FN3O3. The number of rotatable bonds is 9. The van der Waals surface area contributed by atoms with Gasteiger partial charge in [-0.25, -0.2) is 9.37 Å². The number of ether oxygens (including phenoxy) is 2. The van der Waals surface area contributed by atoms with Gasteiger partial charge in [0.2, 0.25) is 0 Å². The van der Waals surface area contributed by atoms with E-state index in [4.69, 9.17) is 9.47 Å². The van der Waals surface area contributed by atoms with E-state index in [1.807, 2.05) is 38.1 Å². The van der Waals surface area contributed by atoms with Crippen molar-refractivity contribution in [3.8, 4) is 22.9 Å². The first-order chi connectivity index (χ1) is 16.6. The number of halogens is 1. The molecule has 1 N–H and O–H groups in total. The third-order valence-corrected chi connectivity index (χ3v) is 5.97. The summed E-state index contributed by atoms with van der Waals surface area (Å²) >= 11 is 0. The third-order valence-electron chi connectivity index (χ3n) is 5.97. The maximum atomic E-state index is 13.9. The molecule has 2 heterocycles. The van der Waals surface area contributed by atoms with Crippen molar-refractivity contribution < 1.29 is 18.7 Å². The molecule has 1 aliphatic rings. The highest BCUT2D eigenvalue weighted by atomic mass is 19.1. The summed E-state index contributed by atoms with van der Waals surface area (Å²) in [7, 11) is 0. The lowest BCUT2D eigenvalue weighted by atomic mass is 10.1. The van der Waals surface area contributed by atoms with Crippen LogP contribution in [0.4, 0.5) is 4.39 Å². The summed E-state index contributed by atoms with van der Waals surface area (Å²) in [6, 6.07) is 12.3. The van der Waals surface area contributed by atoms with Crippen LogP contribution in [0.1, 0.15) is 54.9 Å². The van der Waals surface area contributed by atoms with Crippen LogP contribution in [-0.2, 0) is 19.4 Å². The lowest BCUT2D eigenvalue weighted by Gasteiger charge is -2.12. The van der Waals surface area contributed by atoms with Gasteiger partial charge in [0.1, 0.15) is 17.3 Å². The first kappa shape index (κ1) is 23.8. The molecule has 1 aliphatic heterocycles. The molecule has 3 aromatic rings. The fourth-order valence-electron chi connectivity index (χ4n) is 4.40. The summed E-state index contributed by atoms with van der Waals surface area (Å²) in [5, 5.41) is 3.02. The zero-order valence-corrected chi connectivity index (χ0v) is 19.9. The van der Waals surface area contributed by atoms with Gasteiger partial charge in [-0.3, -0.25) is 4.79 Å². The molecule has 180 valence electrons. The van der Waals surface area contributed by atoms with E-state index in [1.54, 1.807) is 6.07 Å². The second kappa shape index (κ2) is 11.2. The van der Waals surface area contributed by atoms with Crippen molar-refractivity contribution >= 4 is 5.91 Å². The van der Waals surface area contributed by atoms with Gasteiger partial charge in [0.05, 0.1) is 18.9 Å². The molecule has 0 unspecified atom stereocenters. The topological polar surface area (TPSA) is 65.4 Å². The van der Waals surface area contributed by atoms with E-state index < -0.39 is 0 Å². The number of nitrogens with one attached hydrogen (secondary N) is 1. The molecule has 0 spiro atoms. The van der Waals surface area contributed by atoms with Crippen LogP contribution in [0.25, 0.3) is 11.4 Å². The number of fused-ring (bicyclic) bond motifs is 1. The third kappa shape index (κ3) is 5.41. The molecule has 6 nitrogen and oxygen atoms in total. The molecule has 0 aliphatic carbocycles. The Morgan fingerprint density at radius 3 is 2.68 bits per heavy atom. The number of aromatic nitrogens is 2. The lowest BCUT2D eigenvalue weighted by molar-refractivity contribution is 0.0948. The molecule has 1 amide bonds. The maximum Gasteiger partial charge on any atom is 0.271 e. The highest BCUT2D eigenvalue weighted by molar-refractivity contribution is 5.94. The van der Waals surface area contributed by atoms with Gasteiger partial charge >= 0.3 is 0 Å². The molecule has 0 atom stereocenters.